The molecule has 0 unspecified atom stereocenters. The van der Waals surface area contributed by atoms with Gasteiger partial charge in [0.15, 0.2) is 5.82 Å². The van der Waals surface area contributed by atoms with Crippen molar-refractivity contribution in [3.63, 3.8) is 0 Å². The van der Waals surface area contributed by atoms with E-state index in [9.17, 15) is 13.2 Å². The van der Waals surface area contributed by atoms with E-state index in [0.29, 0.717) is 44.3 Å². The van der Waals surface area contributed by atoms with Gasteiger partial charge in [0.05, 0.1) is 19.6 Å². The molecule has 2 rings (SSSR count). The molecule has 2 heterocycles. The smallest absolute Gasteiger partial charge is 0.338 e. The lowest BCUT2D eigenvalue weighted by molar-refractivity contribution is -0.145. The van der Waals surface area contributed by atoms with Gasteiger partial charge < -0.3 is 10.3 Å². The molecule has 0 saturated carbocycles. The van der Waals surface area contributed by atoms with Gasteiger partial charge in [0.2, 0.25) is 5.89 Å². The van der Waals surface area contributed by atoms with Crippen LogP contribution in [-0.4, -0.2) is 58.8 Å². The molecule has 1 aromatic heterocycles. The molecule has 9 heteroatoms. The van der Waals surface area contributed by atoms with Crippen LogP contribution in [0.4, 0.5) is 13.2 Å². The van der Waals surface area contributed by atoms with Gasteiger partial charge in [-0.05, 0) is 19.5 Å². The SMILES string of the molecule is NCc1nc(CN2CCCN(CC(F)(F)F)CC2)no1. The predicted octanol–water partition coefficient (Wildman–Crippen LogP) is 0.598. The van der Waals surface area contributed by atoms with Crippen LogP contribution in [0.25, 0.3) is 0 Å². The summed E-state index contributed by atoms with van der Waals surface area (Å²) in [5.41, 5.74) is 5.38. The standard InChI is InChI=1S/C11H18F3N5O/c12-11(13,14)8-19-3-1-2-18(4-5-19)7-9-16-10(6-15)20-17-9/h1-8,15H2. The third-order valence-corrected chi connectivity index (χ3v) is 3.13. The lowest BCUT2D eigenvalue weighted by Gasteiger charge is -2.21. The zero-order chi connectivity index (χ0) is 14.6. The Morgan fingerprint density at radius 3 is 2.50 bits per heavy atom. The van der Waals surface area contributed by atoms with Crippen LogP contribution < -0.4 is 5.73 Å². The molecule has 0 amide bonds. The number of rotatable bonds is 4. The monoisotopic (exact) mass is 293 g/mol. The summed E-state index contributed by atoms with van der Waals surface area (Å²) in [6.07, 6.45) is -3.45. The van der Waals surface area contributed by atoms with Crippen molar-refractivity contribution >= 4 is 0 Å². The Labute approximate surface area is 114 Å². The summed E-state index contributed by atoms with van der Waals surface area (Å²) in [4.78, 5) is 7.56. The number of hydrogen-bond donors (Lipinski definition) is 1. The summed E-state index contributed by atoms with van der Waals surface area (Å²) in [6, 6.07) is 0. The molecule has 0 radical (unpaired) electrons. The molecule has 20 heavy (non-hydrogen) atoms. The van der Waals surface area contributed by atoms with Crippen molar-refractivity contribution in [2.24, 2.45) is 5.73 Å². The summed E-state index contributed by atoms with van der Waals surface area (Å²) in [6.45, 7) is 1.94. The molecule has 0 aromatic carbocycles. The van der Waals surface area contributed by atoms with Gasteiger partial charge in [0, 0.05) is 13.1 Å². The maximum atomic E-state index is 12.4. The van der Waals surface area contributed by atoms with E-state index in [1.54, 1.807) is 0 Å². The van der Waals surface area contributed by atoms with Gasteiger partial charge in [-0.15, -0.1) is 0 Å². The van der Waals surface area contributed by atoms with Crippen LogP contribution in [0.3, 0.4) is 0 Å². The van der Waals surface area contributed by atoms with E-state index in [0.717, 1.165) is 6.54 Å². The Morgan fingerprint density at radius 1 is 1.15 bits per heavy atom. The lowest BCUT2D eigenvalue weighted by Crippen LogP contribution is -2.37. The van der Waals surface area contributed by atoms with Crippen LogP contribution in [0.1, 0.15) is 18.1 Å². The Balaban J connectivity index is 1.83. The van der Waals surface area contributed by atoms with Crippen molar-refractivity contribution in [2.45, 2.75) is 25.7 Å². The van der Waals surface area contributed by atoms with Crippen molar-refractivity contribution in [1.29, 1.82) is 0 Å². The zero-order valence-corrected chi connectivity index (χ0v) is 11.1. The summed E-state index contributed by atoms with van der Waals surface area (Å²) in [5, 5.41) is 3.79. The topological polar surface area (TPSA) is 71.4 Å². The molecule has 1 fully saturated rings. The first kappa shape index (κ1) is 15.2. The van der Waals surface area contributed by atoms with Gasteiger partial charge in [-0.1, -0.05) is 5.16 Å². The van der Waals surface area contributed by atoms with Crippen LogP contribution >= 0.6 is 0 Å². The first-order valence-corrected chi connectivity index (χ1v) is 6.49. The summed E-state index contributed by atoms with van der Waals surface area (Å²) >= 11 is 0. The molecule has 1 aromatic rings. The first-order chi connectivity index (χ1) is 9.46. The quantitative estimate of drug-likeness (QED) is 0.876. The Kier molecular flexibility index (Phi) is 4.95. The molecule has 0 aliphatic carbocycles. The van der Waals surface area contributed by atoms with Gasteiger partial charge in [-0.2, -0.15) is 18.2 Å². The van der Waals surface area contributed by atoms with Crippen molar-refractivity contribution in [2.75, 3.05) is 32.7 Å². The number of alkyl halides is 3. The van der Waals surface area contributed by atoms with E-state index in [2.05, 4.69) is 10.1 Å². The van der Waals surface area contributed by atoms with Crippen LogP contribution in [0.15, 0.2) is 4.52 Å². The second-order valence-electron chi connectivity index (χ2n) is 4.83. The largest absolute Gasteiger partial charge is 0.401 e. The van der Waals surface area contributed by atoms with Gasteiger partial charge in [-0.25, -0.2) is 0 Å². The molecule has 0 atom stereocenters. The molecule has 6 nitrogen and oxygen atoms in total. The normalized spacial score (nSPS) is 19.2. The fourth-order valence-electron chi connectivity index (χ4n) is 2.23. The molecular weight excluding hydrogens is 275 g/mol. The number of nitrogens with two attached hydrogens (primary N) is 1. The van der Waals surface area contributed by atoms with Crippen molar-refractivity contribution in [3.05, 3.63) is 11.7 Å². The average molecular weight is 293 g/mol. The molecule has 1 aliphatic rings. The molecule has 1 saturated heterocycles. The second kappa shape index (κ2) is 6.51. The second-order valence-corrected chi connectivity index (χ2v) is 4.83. The van der Waals surface area contributed by atoms with Gasteiger partial charge in [0.1, 0.15) is 0 Å². The third-order valence-electron chi connectivity index (χ3n) is 3.13. The van der Waals surface area contributed by atoms with Gasteiger partial charge >= 0.3 is 6.18 Å². The molecular formula is C11H18F3N5O. The van der Waals surface area contributed by atoms with Crippen molar-refractivity contribution < 1.29 is 17.7 Å². The third kappa shape index (κ3) is 4.73. The van der Waals surface area contributed by atoms with Gasteiger partial charge in [0.25, 0.3) is 0 Å². The fraction of sp³-hybridized carbons (Fsp3) is 0.818. The Hall–Kier alpha value is -1.19. The molecule has 2 N–H and O–H groups in total. The van der Waals surface area contributed by atoms with Crippen LogP contribution in [0, 0.1) is 0 Å². The Morgan fingerprint density at radius 2 is 1.85 bits per heavy atom. The highest BCUT2D eigenvalue weighted by Gasteiger charge is 2.31. The number of aromatic nitrogens is 2. The van der Waals surface area contributed by atoms with E-state index in [1.807, 2.05) is 4.90 Å². The minimum atomic E-state index is -4.14. The van der Waals surface area contributed by atoms with E-state index < -0.39 is 12.7 Å². The molecule has 0 bridgehead atoms. The maximum Gasteiger partial charge on any atom is 0.401 e. The summed E-state index contributed by atoms with van der Waals surface area (Å²) in [5.74, 6) is 0.892. The first-order valence-electron chi connectivity index (χ1n) is 6.49. The number of halogens is 3. The highest BCUT2D eigenvalue weighted by Crippen LogP contribution is 2.17. The zero-order valence-electron chi connectivity index (χ0n) is 11.1. The van der Waals surface area contributed by atoms with E-state index in [4.69, 9.17) is 10.3 Å². The number of hydrogen-bond acceptors (Lipinski definition) is 6. The number of nitrogens with zero attached hydrogens (tertiary/aromatic N) is 4. The van der Waals surface area contributed by atoms with E-state index in [1.165, 1.54) is 4.90 Å². The molecule has 114 valence electrons. The highest BCUT2D eigenvalue weighted by atomic mass is 19.4. The Bertz CT molecular complexity index is 422. The van der Waals surface area contributed by atoms with E-state index >= 15 is 0 Å². The minimum absolute atomic E-state index is 0.187. The highest BCUT2D eigenvalue weighted by molar-refractivity contribution is 4.86. The van der Waals surface area contributed by atoms with Crippen molar-refractivity contribution in [1.82, 2.24) is 19.9 Å². The average Bonchev–Trinajstić information content (AvgIpc) is 2.70. The minimum Gasteiger partial charge on any atom is -0.338 e. The van der Waals surface area contributed by atoms with Gasteiger partial charge in [-0.3, -0.25) is 9.80 Å². The van der Waals surface area contributed by atoms with Crippen molar-refractivity contribution in [3.8, 4) is 0 Å². The summed E-state index contributed by atoms with van der Waals surface area (Å²) < 4.78 is 42.0. The lowest BCUT2D eigenvalue weighted by atomic mass is 10.3. The van der Waals surface area contributed by atoms with Crippen LogP contribution in [-0.2, 0) is 13.1 Å². The molecule has 0 spiro atoms. The fourth-order valence-corrected chi connectivity index (χ4v) is 2.23. The van der Waals surface area contributed by atoms with Crippen LogP contribution in [0.2, 0.25) is 0 Å². The summed E-state index contributed by atoms with van der Waals surface area (Å²) in [7, 11) is 0. The van der Waals surface area contributed by atoms with E-state index in [-0.39, 0.29) is 6.54 Å². The predicted molar refractivity (Wildman–Crippen MR) is 64.6 cm³/mol. The molecule has 1 aliphatic heterocycles. The maximum absolute atomic E-state index is 12.4. The van der Waals surface area contributed by atoms with Crippen LogP contribution in [0.5, 0.6) is 0 Å².